The number of rotatable bonds is 6. The highest BCUT2D eigenvalue weighted by Gasteiger charge is 2.18. The van der Waals surface area contributed by atoms with E-state index in [1.807, 2.05) is 18.2 Å². The Balaban J connectivity index is 1.65. The fraction of sp³-hybridized carbons (Fsp3) is 0.100. The van der Waals surface area contributed by atoms with Crippen molar-refractivity contribution in [3.8, 4) is 22.1 Å². The predicted octanol–water partition coefficient (Wildman–Crippen LogP) is 4.18. The van der Waals surface area contributed by atoms with E-state index in [4.69, 9.17) is 9.47 Å². The van der Waals surface area contributed by atoms with Crippen LogP contribution in [0.2, 0.25) is 0 Å². The molecule has 0 fully saturated rings. The Morgan fingerprint density at radius 1 is 0.966 bits per heavy atom. The molecule has 0 saturated heterocycles. The van der Waals surface area contributed by atoms with Gasteiger partial charge in [0, 0.05) is 23.5 Å². The molecular weight excluding hydrogens is 410 g/mol. The Kier molecular flexibility index (Phi) is 5.08. The second-order valence-corrected chi connectivity index (χ2v) is 8.71. The van der Waals surface area contributed by atoms with Gasteiger partial charge in [0.2, 0.25) is 0 Å². The third-order valence-corrected chi connectivity index (χ3v) is 6.60. The number of methoxy groups -OCH3 is 2. The van der Waals surface area contributed by atoms with Gasteiger partial charge in [-0.05, 0) is 36.4 Å². The van der Waals surface area contributed by atoms with Crippen LogP contribution in [0.1, 0.15) is 0 Å². The zero-order valence-electron chi connectivity index (χ0n) is 15.6. The van der Waals surface area contributed by atoms with Gasteiger partial charge in [-0.15, -0.1) is 0 Å². The summed E-state index contributed by atoms with van der Waals surface area (Å²) < 4.78 is 38.6. The highest BCUT2D eigenvalue weighted by Crippen LogP contribution is 2.32. The zero-order chi connectivity index (χ0) is 20.4. The fourth-order valence-electron chi connectivity index (χ4n) is 2.81. The monoisotopic (exact) mass is 427 g/mol. The van der Waals surface area contributed by atoms with E-state index in [0.717, 1.165) is 20.9 Å². The van der Waals surface area contributed by atoms with Crippen LogP contribution in [-0.2, 0) is 10.0 Å². The Hall–Kier alpha value is -3.17. The van der Waals surface area contributed by atoms with Gasteiger partial charge in [0.15, 0.2) is 11.5 Å². The SMILES string of the molecule is COc1ccc(S(=O)(=O)Nc2cccc(-c3nc4cccnc4s3)c2)cc1OC. The first-order valence-corrected chi connectivity index (χ1v) is 10.9. The van der Waals surface area contributed by atoms with E-state index in [1.165, 1.54) is 37.7 Å². The molecule has 0 saturated carbocycles. The summed E-state index contributed by atoms with van der Waals surface area (Å²) in [6.07, 6.45) is 1.72. The predicted molar refractivity (Wildman–Crippen MR) is 113 cm³/mol. The molecule has 0 aliphatic carbocycles. The summed E-state index contributed by atoms with van der Waals surface area (Å²) in [5.41, 5.74) is 2.05. The first-order valence-electron chi connectivity index (χ1n) is 8.57. The number of benzene rings is 2. The first-order chi connectivity index (χ1) is 14.0. The standard InChI is InChI=1S/C20H17N3O4S2/c1-26-17-9-8-15(12-18(17)27-2)29(24,25)23-14-6-3-5-13(11-14)19-22-16-7-4-10-21-20(16)28-19/h3-12,23H,1-2H3. The van der Waals surface area contributed by atoms with Crippen molar-refractivity contribution >= 4 is 37.4 Å². The molecule has 0 spiro atoms. The number of pyridine rings is 1. The maximum absolute atomic E-state index is 12.8. The molecule has 2 aromatic carbocycles. The molecule has 2 aromatic heterocycles. The maximum Gasteiger partial charge on any atom is 0.262 e. The molecule has 0 amide bonds. The Morgan fingerprint density at radius 2 is 1.79 bits per heavy atom. The lowest BCUT2D eigenvalue weighted by Gasteiger charge is -2.12. The summed E-state index contributed by atoms with van der Waals surface area (Å²) in [6, 6.07) is 15.3. The van der Waals surface area contributed by atoms with Crippen LogP contribution in [-0.4, -0.2) is 32.6 Å². The van der Waals surface area contributed by atoms with Gasteiger partial charge in [0.05, 0.1) is 19.1 Å². The molecule has 29 heavy (non-hydrogen) atoms. The third-order valence-electron chi connectivity index (χ3n) is 4.19. The lowest BCUT2D eigenvalue weighted by atomic mass is 10.2. The van der Waals surface area contributed by atoms with E-state index in [9.17, 15) is 8.42 Å². The number of hydrogen-bond donors (Lipinski definition) is 1. The minimum Gasteiger partial charge on any atom is -0.493 e. The van der Waals surface area contributed by atoms with Gasteiger partial charge in [-0.1, -0.05) is 23.5 Å². The smallest absolute Gasteiger partial charge is 0.262 e. The average Bonchev–Trinajstić information content (AvgIpc) is 3.17. The Labute approximate surface area is 172 Å². The van der Waals surface area contributed by atoms with Crippen molar-refractivity contribution in [1.29, 1.82) is 0 Å². The number of ether oxygens (including phenoxy) is 2. The lowest BCUT2D eigenvalue weighted by Crippen LogP contribution is -2.13. The van der Waals surface area contributed by atoms with Crippen LogP contribution in [0.4, 0.5) is 5.69 Å². The number of nitrogens with zero attached hydrogens (tertiary/aromatic N) is 2. The zero-order valence-corrected chi connectivity index (χ0v) is 17.3. The molecule has 9 heteroatoms. The largest absolute Gasteiger partial charge is 0.493 e. The van der Waals surface area contributed by atoms with Crippen molar-refractivity contribution in [2.45, 2.75) is 4.90 Å². The van der Waals surface area contributed by atoms with Crippen molar-refractivity contribution in [1.82, 2.24) is 9.97 Å². The molecule has 7 nitrogen and oxygen atoms in total. The molecule has 4 rings (SSSR count). The van der Waals surface area contributed by atoms with Crippen LogP contribution < -0.4 is 14.2 Å². The molecule has 2 heterocycles. The summed E-state index contributed by atoms with van der Waals surface area (Å²) in [4.78, 5) is 9.78. The molecule has 0 unspecified atom stereocenters. The van der Waals surface area contributed by atoms with Gasteiger partial charge in [0.1, 0.15) is 15.4 Å². The van der Waals surface area contributed by atoms with Gasteiger partial charge < -0.3 is 9.47 Å². The molecule has 0 bridgehead atoms. The maximum atomic E-state index is 12.8. The topological polar surface area (TPSA) is 90.4 Å². The van der Waals surface area contributed by atoms with E-state index in [1.54, 1.807) is 30.5 Å². The molecule has 0 atom stereocenters. The van der Waals surface area contributed by atoms with Gasteiger partial charge in [0.25, 0.3) is 10.0 Å². The molecule has 1 N–H and O–H groups in total. The van der Waals surface area contributed by atoms with E-state index in [0.29, 0.717) is 17.2 Å². The van der Waals surface area contributed by atoms with E-state index in [-0.39, 0.29) is 4.90 Å². The van der Waals surface area contributed by atoms with Crippen molar-refractivity contribution < 1.29 is 17.9 Å². The Bertz CT molecular complexity index is 1250. The van der Waals surface area contributed by atoms with Crippen LogP contribution in [0.3, 0.4) is 0 Å². The van der Waals surface area contributed by atoms with Gasteiger partial charge in [-0.2, -0.15) is 0 Å². The lowest BCUT2D eigenvalue weighted by molar-refractivity contribution is 0.354. The second kappa shape index (κ2) is 7.69. The van der Waals surface area contributed by atoms with Crippen LogP contribution >= 0.6 is 11.3 Å². The average molecular weight is 428 g/mol. The number of fused-ring (bicyclic) bond motifs is 1. The Morgan fingerprint density at radius 3 is 2.55 bits per heavy atom. The molecule has 0 aliphatic rings. The summed E-state index contributed by atoms with van der Waals surface area (Å²) >= 11 is 1.45. The van der Waals surface area contributed by atoms with Crippen molar-refractivity contribution in [2.75, 3.05) is 18.9 Å². The van der Waals surface area contributed by atoms with E-state index in [2.05, 4.69) is 14.7 Å². The molecule has 0 aliphatic heterocycles. The molecular formula is C20H17N3O4S2. The van der Waals surface area contributed by atoms with Crippen LogP contribution in [0.5, 0.6) is 11.5 Å². The second-order valence-electron chi connectivity index (χ2n) is 6.05. The van der Waals surface area contributed by atoms with Crippen LogP contribution in [0, 0.1) is 0 Å². The van der Waals surface area contributed by atoms with E-state index >= 15 is 0 Å². The van der Waals surface area contributed by atoms with Crippen molar-refractivity contribution in [3.63, 3.8) is 0 Å². The molecule has 0 radical (unpaired) electrons. The first kappa shape index (κ1) is 19.2. The van der Waals surface area contributed by atoms with Gasteiger partial charge >= 0.3 is 0 Å². The highest BCUT2D eigenvalue weighted by atomic mass is 32.2. The fourth-order valence-corrected chi connectivity index (χ4v) is 4.78. The highest BCUT2D eigenvalue weighted by molar-refractivity contribution is 7.92. The molecule has 148 valence electrons. The number of hydrogen-bond acceptors (Lipinski definition) is 7. The van der Waals surface area contributed by atoms with Gasteiger partial charge in [-0.25, -0.2) is 18.4 Å². The summed E-state index contributed by atoms with van der Waals surface area (Å²) in [7, 11) is -0.860. The number of thiazole rings is 1. The number of sulfonamides is 1. The molecule has 4 aromatic rings. The van der Waals surface area contributed by atoms with Crippen molar-refractivity contribution in [3.05, 3.63) is 60.8 Å². The summed E-state index contributed by atoms with van der Waals surface area (Å²) in [6.45, 7) is 0. The summed E-state index contributed by atoms with van der Waals surface area (Å²) in [5, 5.41) is 0.769. The van der Waals surface area contributed by atoms with E-state index < -0.39 is 10.0 Å². The van der Waals surface area contributed by atoms with Crippen LogP contribution in [0.15, 0.2) is 65.7 Å². The third kappa shape index (κ3) is 3.87. The number of nitrogens with one attached hydrogen (secondary N) is 1. The quantitative estimate of drug-likeness (QED) is 0.497. The normalized spacial score (nSPS) is 11.4. The van der Waals surface area contributed by atoms with Crippen molar-refractivity contribution in [2.24, 2.45) is 0 Å². The number of aromatic nitrogens is 2. The van der Waals surface area contributed by atoms with Gasteiger partial charge in [-0.3, -0.25) is 4.72 Å². The summed E-state index contributed by atoms with van der Waals surface area (Å²) in [5.74, 6) is 0.795. The minimum absolute atomic E-state index is 0.0738. The number of anilines is 1. The van der Waals surface area contributed by atoms with Crippen LogP contribution in [0.25, 0.3) is 20.9 Å². The minimum atomic E-state index is -3.81.